The third kappa shape index (κ3) is 3.77. The van der Waals surface area contributed by atoms with E-state index in [-0.39, 0.29) is 11.8 Å². The number of anilines is 3. The molecule has 0 fully saturated rings. The lowest BCUT2D eigenvalue weighted by atomic mass is 10.1. The summed E-state index contributed by atoms with van der Waals surface area (Å²) in [5, 5.41) is 7.66. The van der Waals surface area contributed by atoms with Crippen LogP contribution in [0.15, 0.2) is 60.0 Å². The number of carbonyl (C=O) groups excluding carboxylic acids is 2. The minimum absolute atomic E-state index is 0.175. The molecule has 2 heterocycles. The summed E-state index contributed by atoms with van der Waals surface area (Å²) in [4.78, 5) is 27.8. The molecule has 0 aliphatic carbocycles. The zero-order valence-corrected chi connectivity index (χ0v) is 16.4. The highest BCUT2D eigenvalue weighted by atomic mass is 32.1. The number of carbonyl (C=O) groups is 2. The standard InChI is InChI=1S/C22H21N3O2S/c1-2-25-11-10-15-8-9-18(14-19(15)25)23-21(26)16-5-3-6-17(13-16)24-22(27)20-7-4-12-28-20/h3-9,12-14H,2,10-11H2,1H3,(H,23,26)(H,24,27). The smallest absolute Gasteiger partial charge is 0.265 e. The summed E-state index contributed by atoms with van der Waals surface area (Å²) >= 11 is 1.38. The Hall–Kier alpha value is -3.12. The minimum atomic E-state index is -0.201. The summed E-state index contributed by atoms with van der Waals surface area (Å²) in [6.07, 6.45) is 1.05. The third-order valence-corrected chi connectivity index (χ3v) is 5.71. The van der Waals surface area contributed by atoms with Crippen molar-refractivity contribution in [3.05, 3.63) is 76.0 Å². The van der Waals surface area contributed by atoms with E-state index in [1.54, 1.807) is 30.3 Å². The Labute approximate surface area is 168 Å². The lowest BCUT2D eigenvalue weighted by molar-refractivity contribution is 0.101. The summed E-state index contributed by atoms with van der Waals surface area (Å²) in [5.41, 5.74) is 4.38. The van der Waals surface area contributed by atoms with Crippen molar-refractivity contribution in [2.45, 2.75) is 13.3 Å². The molecule has 6 heteroatoms. The summed E-state index contributed by atoms with van der Waals surface area (Å²) in [5.74, 6) is -0.376. The van der Waals surface area contributed by atoms with E-state index in [4.69, 9.17) is 0 Å². The monoisotopic (exact) mass is 391 g/mol. The second-order valence-electron chi connectivity index (χ2n) is 6.64. The van der Waals surface area contributed by atoms with Crippen molar-refractivity contribution in [1.82, 2.24) is 0 Å². The number of thiophene rings is 1. The zero-order valence-electron chi connectivity index (χ0n) is 15.6. The molecule has 1 aliphatic heterocycles. The lowest BCUT2D eigenvalue weighted by Crippen LogP contribution is -2.19. The molecule has 0 unspecified atom stereocenters. The van der Waals surface area contributed by atoms with Crippen molar-refractivity contribution in [1.29, 1.82) is 0 Å². The SMILES string of the molecule is CCN1CCc2ccc(NC(=O)c3cccc(NC(=O)c4cccs4)c3)cc21. The van der Waals surface area contributed by atoms with Crippen LogP contribution in [0.5, 0.6) is 0 Å². The molecule has 2 amide bonds. The lowest BCUT2D eigenvalue weighted by Gasteiger charge is -2.17. The van der Waals surface area contributed by atoms with E-state index in [1.165, 1.54) is 22.6 Å². The largest absolute Gasteiger partial charge is 0.371 e. The van der Waals surface area contributed by atoms with Crippen LogP contribution in [-0.4, -0.2) is 24.9 Å². The van der Waals surface area contributed by atoms with E-state index in [9.17, 15) is 9.59 Å². The van der Waals surface area contributed by atoms with Crippen molar-refractivity contribution in [2.75, 3.05) is 28.6 Å². The minimum Gasteiger partial charge on any atom is -0.371 e. The summed E-state index contributed by atoms with van der Waals surface area (Å²) in [6, 6.07) is 16.6. The van der Waals surface area contributed by atoms with Gasteiger partial charge in [-0.15, -0.1) is 11.3 Å². The molecule has 28 heavy (non-hydrogen) atoms. The Balaban J connectivity index is 1.48. The Bertz CT molecular complexity index is 1010. The van der Waals surface area contributed by atoms with Gasteiger partial charge in [-0.25, -0.2) is 0 Å². The molecule has 1 aromatic heterocycles. The molecule has 0 bridgehead atoms. The van der Waals surface area contributed by atoms with E-state index in [0.29, 0.717) is 16.1 Å². The number of hydrogen-bond donors (Lipinski definition) is 2. The highest BCUT2D eigenvalue weighted by Gasteiger charge is 2.18. The quantitative estimate of drug-likeness (QED) is 0.666. The summed E-state index contributed by atoms with van der Waals surface area (Å²) in [7, 11) is 0. The fraction of sp³-hybridized carbons (Fsp3) is 0.182. The molecule has 142 valence electrons. The predicted octanol–water partition coefficient (Wildman–Crippen LogP) is 4.64. The number of benzene rings is 2. The van der Waals surface area contributed by atoms with E-state index >= 15 is 0 Å². The molecule has 4 rings (SSSR count). The fourth-order valence-electron chi connectivity index (χ4n) is 3.39. The Morgan fingerprint density at radius 3 is 2.61 bits per heavy atom. The second-order valence-corrected chi connectivity index (χ2v) is 7.59. The van der Waals surface area contributed by atoms with Gasteiger partial charge in [-0.3, -0.25) is 9.59 Å². The van der Waals surface area contributed by atoms with Gasteiger partial charge in [0.2, 0.25) is 0 Å². The molecule has 3 aromatic rings. The van der Waals surface area contributed by atoms with Crippen molar-refractivity contribution in [3.8, 4) is 0 Å². The Kier molecular flexibility index (Phi) is 5.12. The number of hydrogen-bond acceptors (Lipinski definition) is 4. The molecule has 0 spiro atoms. The number of fused-ring (bicyclic) bond motifs is 1. The first kappa shape index (κ1) is 18.3. The maximum absolute atomic E-state index is 12.7. The molecular weight excluding hydrogens is 370 g/mol. The Morgan fingerprint density at radius 1 is 1.00 bits per heavy atom. The van der Waals surface area contributed by atoms with Crippen LogP contribution in [0.1, 0.15) is 32.5 Å². The first-order valence-electron chi connectivity index (χ1n) is 9.28. The van der Waals surface area contributed by atoms with Crippen molar-refractivity contribution in [3.63, 3.8) is 0 Å². The fourth-order valence-corrected chi connectivity index (χ4v) is 4.01. The van der Waals surface area contributed by atoms with Gasteiger partial charge in [-0.05, 0) is 60.7 Å². The van der Waals surface area contributed by atoms with Gasteiger partial charge in [0.1, 0.15) is 0 Å². The van der Waals surface area contributed by atoms with Gasteiger partial charge < -0.3 is 15.5 Å². The van der Waals surface area contributed by atoms with Crippen LogP contribution in [-0.2, 0) is 6.42 Å². The van der Waals surface area contributed by atoms with Crippen LogP contribution in [0.4, 0.5) is 17.1 Å². The van der Waals surface area contributed by atoms with Crippen LogP contribution >= 0.6 is 11.3 Å². The average Bonchev–Trinajstić information content (AvgIpc) is 3.38. The van der Waals surface area contributed by atoms with Crippen LogP contribution in [0.3, 0.4) is 0 Å². The van der Waals surface area contributed by atoms with Gasteiger partial charge in [-0.1, -0.05) is 18.2 Å². The number of likely N-dealkylation sites (N-methyl/N-ethyl adjacent to an activating group) is 1. The first-order chi connectivity index (χ1) is 13.6. The van der Waals surface area contributed by atoms with E-state index in [1.807, 2.05) is 23.6 Å². The van der Waals surface area contributed by atoms with Gasteiger partial charge in [-0.2, -0.15) is 0 Å². The molecular formula is C22H21N3O2S. The van der Waals surface area contributed by atoms with Gasteiger partial charge in [0, 0.05) is 35.7 Å². The number of nitrogens with zero attached hydrogens (tertiary/aromatic N) is 1. The Morgan fingerprint density at radius 2 is 1.82 bits per heavy atom. The second kappa shape index (κ2) is 7.86. The van der Waals surface area contributed by atoms with Crippen LogP contribution in [0.25, 0.3) is 0 Å². The molecule has 0 saturated heterocycles. The van der Waals surface area contributed by atoms with Gasteiger partial charge >= 0.3 is 0 Å². The molecule has 2 aromatic carbocycles. The van der Waals surface area contributed by atoms with E-state index in [0.717, 1.165) is 25.2 Å². The predicted molar refractivity (Wildman–Crippen MR) is 115 cm³/mol. The maximum Gasteiger partial charge on any atom is 0.265 e. The normalized spacial score (nSPS) is 12.5. The van der Waals surface area contributed by atoms with Crippen molar-refractivity contribution in [2.24, 2.45) is 0 Å². The molecule has 1 aliphatic rings. The molecule has 0 saturated carbocycles. The number of nitrogens with one attached hydrogen (secondary N) is 2. The molecule has 5 nitrogen and oxygen atoms in total. The summed E-state index contributed by atoms with van der Waals surface area (Å²) < 4.78 is 0. The molecule has 0 radical (unpaired) electrons. The van der Waals surface area contributed by atoms with Crippen molar-refractivity contribution >= 4 is 40.2 Å². The number of amides is 2. The first-order valence-corrected chi connectivity index (χ1v) is 10.2. The zero-order chi connectivity index (χ0) is 19.5. The third-order valence-electron chi connectivity index (χ3n) is 4.84. The van der Waals surface area contributed by atoms with E-state index < -0.39 is 0 Å². The molecule has 0 atom stereocenters. The molecule has 2 N–H and O–H groups in total. The highest BCUT2D eigenvalue weighted by Crippen LogP contribution is 2.30. The van der Waals surface area contributed by atoms with E-state index in [2.05, 4.69) is 28.5 Å². The summed E-state index contributed by atoms with van der Waals surface area (Å²) in [6.45, 7) is 4.11. The van der Waals surface area contributed by atoms with Crippen LogP contribution < -0.4 is 15.5 Å². The van der Waals surface area contributed by atoms with Crippen LogP contribution in [0, 0.1) is 0 Å². The topological polar surface area (TPSA) is 61.4 Å². The van der Waals surface area contributed by atoms with Gasteiger partial charge in [0.25, 0.3) is 11.8 Å². The maximum atomic E-state index is 12.7. The van der Waals surface area contributed by atoms with Crippen LogP contribution in [0.2, 0.25) is 0 Å². The number of rotatable bonds is 5. The van der Waals surface area contributed by atoms with Crippen molar-refractivity contribution < 1.29 is 9.59 Å². The highest BCUT2D eigenvalue weighted by molar-refractivity contribution is 7.12. The van der Waals surface area contributed by atoms with Gasteiger partial charge in [0.15, 0.2) is 0 Å². The van der Waals surface area contributed by atoms with Gasteiger partial charge in [0.05, 0.1) is 4.88 Å². The average molecular weight is 391 g/mol.